The van der Waals surface area contributed by atoms with Crippen LogP contribution in [0.15, 0.2) is 39.8 Å². The Morgan fingerprint density at radius 2 is 2.05 bits per heavy atom. The Bertz CT molecular complexity index is 1140. The number of rotatable bonds is 7. The Morgan fingerprint density at radius 1 is 1.32 bits per heavy atom. The summed E-state index contributed by atoms with van der Waals surface area (Å²) in [6, 6.07) is 6.79. The third kappa shape index (κ3) is 6.81. The topological polar surface area (TPSA) is 93.3 Å². The Hall–Kier alpha value is -2.76. The molecule has 3 aliphatic rings. The number of nitriles is 1. The van der Waals surface area contributed by atoms with E-state index in [9.17, 15) is 4.79 Å². The summed E-state index contributed by atoms with van der Waals surface area (Å²) in [4.78, 5) is 21.1. The molecule has 2 heterocycles. The lowest BCUT2D eigenvalue weighted by Crippen LogP contribution is -2.49. The highest BCUT2D eigenvalue weighted by atomic mass is 35.5. The van der Waals surface area contributed by atoms with Crippen LogP contribution in [0.1, 0.15) is 58.4 Å². The normalized spacial score (nSPS) is 28.2. The first-order valence-electron chi connectivity index (χ1n) is 13.4. The van der Waals surface area contributed by atoms with Crippen molar-refractivity contribution in [1.29, 1.82) is 5.26 Å². The van der Waals surface area contributed by atoms with Gasteiger partial charge in [0.05, 0.1) is 53.9 Å². The summed E-state index contributed by atoms with van der Waals surface area (Å²) in [5.74, 6) is 0.433. The molecule has 2 fully saturated rings. The number of hydrogen-bond acceptors (Lipinski definition) is 7. The Labute approximate surface area is 228 Å². The number of fused-ring (bicyclic) bond motifs is 2. The Morgan fingerprint density at radius 3 is 2.68 bits per heavy atom. The van der Waals surface area contributed by atoms with Crippen LogP contribution in [0.3, 0.4) is 0 Å². The molecule has 9 heteroatoms. The van der Waals surface area contributed by atoms with E-state index in [0.717, 1.165) is 24.8 Å². The van der Waals surface area contributed by atoms with Crippen molar-refractivity contribution in [2.45, 2.75) is 71.3 Å². The first-order chi connectivity index (χ1) is 18.3. The number of carbonyl (C=O) groups is 1. The van der Waals surface area contributed by atoms with Crippen LogP contribution < -0.4 is 0 Å². The van der Waals surface area contributed by atoms with Gasteiger partial charge in [-0.1, -0.05) is 24.6 Å². The van der Waals surface area contributed by atoms with Gasteiger partial charge in [0.25, 0.3) is 0 Å². The number of allylic oxidation sites excluding steroid dienone is 1. The number of benzene rings is 1. The molecule has 0 radical (unpaired) electrons. The third-order valence-electron chi connectivity index (χ3n) is 7.32. The molecule has 4 rings (SSSR count). The quantitative estimate of drug-likeness (QED) is 0.384. The van der Waals surface area contributed by atoms with Crippen LogP contribution in [0.25, 0.3) is 0 Å². The zero-order valence-corrected chi connectivity index (χ0v) is 22.9. The van der Waals surface area contributed by atoms with Crippen LogP contribution >= 0.6 is 11.6 Å². The second kappa shape index (κ2) is 12.9. The first kappa shape index (κ1) is 28.3. The van der Waals surface area contributed by atoms with Gasteiger partial charge in [0, 0.05) is 18.3 Å². The fraction of sp³-hybridized carbons (Fsp3) is 0.586. The SMILES string of the molecule is CCC1=CCN=C(OC2C3COCC2CC(CCC(=O)OC(C)C)C3)C(F)C1=Nc1ccc(C#N)cc1Cl. The summed E-state index contributed by atoms with van der Waals surface area (Å²) in [6.07, 6.45) is 3.36. The fourth-order valence-corrected chi connectivity index (χ4v) is 5.79. The van der Waals surface area contributed by atoms with Crippen LogP contribution in [-0.4, -0.2) is 55.7 Å². The van der Waals surface area contributed by atoms with Crippen molar-refractivity contribution < 1.29 is 23.4 Å². The number of hydrogen-bond donors (Lipinski definition) is 0. The van der Waals surface area contributed by atoms with Gasteiger partial charge in [0.15, 0.2) is 0 Å². The third-order valence-corrected chi connectivity index (χ3v) is 7.62. The molecule has 1 aromatic carbocycles. The lowest BCUT2D eigenvalue weighted by atomic mass is 9.71. The Kier molecular flexibility index (Phi) is 9.56. The van der Waals surface area contributed by atoms with Crippen molar-refractivity contribution in [3.8, 4) is 6.07 Å². The number of alkyl halides is 1. The van der Waals surface area contributed by atoms with Crippen molar-refractivity contribution in [3.63, 3.8) is 0 Å². The summed E-state index contributed by atoms with van der Waals surface area (Å²) >= 11 is 6.34. The molecule has 1 aromatic rings. The Balaban J connectivity index is 1.48. The van der Waals surface area contributed by atoms with E-state index in [0.29, 0.717) is 49.8 Å². The average Bonchev–Trinajstić information content (AvgIpc) is 3.02. The van der Waals surface area contributed by atoms with E-state index in [1.165, 1.54) is 6.07 Å². The number of ether oxygens (including phenoxy) is 3. The van der Waals surface area contributed by atoms with Gasteiger partial charge in [-0.15, -0.1) is 0 Å². The van der Waals surface area contributed by atoms with E-state index in [1.54, 1.807) is 12.1 Å². The van der Waals surface area contributed by atoms with Crippen molar-refractivity contribution in [2.24, 2.45) is 27.7 Å². The second-order valence-corrected chi connectivity index (χ2v) is 10.9. The summed E-state index contributed by atoms with van der Waals surface area (Å²) in [6.45, 7) is 7.03. The molecule has 1 saturated carbocycles. The highest BCUT2D eigenvalue weighted by molar-refractivity contribution is 6.33. The van der Waals surface area contributed by atoms with Gasteiger partial charge in [-0.05, 0) is 69.2 Å². The van der Waals surface area contributed by atoms with Crippen molar-refractivity contribution >= 4 is 34.9 Å². The van der Waals surface area contributed by atoms with E-state index >= 15 is 4.39 Å². The number of esters is 1. The van der Waals surface area contributed by atoms with Crippen molar-refractivity contribution in [3.05, 3.63) is 40.4 Å². The second-order valence-electron chi connectivity index (χ2n) is 10.5. The zero-order chi connectivity index (χ0) is 27.2. The largest absolute Gasteiger partial charge is 0.475 e. The van der Waals surface area contributed by atoms with Gasteiger partial charge in [0.1, 0.15) is 6.10 Å². The van der Waals surface area contributed by atoms with Crippen molar-refractivity contribution in [1.82, 2.24) is 0 Å². The van der Waals surface area contributed by atoms with Gasteiger partial charge < -0.3 is 14.2 Å². The molecule has 7 nitrogen and oxygen atoms in total. The molecule has 0 spiro atoms. The van der Waals surface area contributed by atoms with E-state index in [4.69, 9.17) is 31.1 Å². The van der Waals surface area contributed by atoms with Gasteiger partial charge in [-0.3, -0.25) is 4.79 Å². The first-order valence-corrected chi connectivity index (χ1v) is 13.8. The number of halogens is 2. The van der Waals surface area contributed by atoms with Crippen LogP contribution in [-0.2, 0) is 19.0 Å². The standard InChI is InChI=1S/C29H35ClFN3O4/c1-4-20-9-10-33-29(26(31)27(20)34-24-7-5-19(14-32)13-23(24)30)38-28-21-11-18(12-22(28)16-36-15-21)6-8-25(35)37-17(2)3/h5,7,9,13,17-18,21-22,26,28H,4,6,8,10-12,15-16H2,1-3H3. The van der Waals surface area contributed by atoms with E-state index < -0.39 is 6.17 Å². The van der Waals surface area contributed by atoms with Gasteiger partial charge in [-0.25, -0.2) is 14.4 Å². The maximum absolute atomic E-state index is 16.1. The summed E-state index contributed by atoms with van der Waals surface area (Å²) in [7, 11) is 0. The summed E-state index contributed by atoms with van der Waals surface area (Å²) in [5.41, 5.74) is 1.79. The molecular weight excluding hydrogens is 509 g/mol. The minimum absolute atomic E-state index is 0.0362. The average molecular weight is 544 g/mol. The van der Waals surface area contributed by atoms with E-state index in [1.807, 2.05) is 32.9 Å². The minimum atomic E-state index is -1.64. The van der Waals surface area contributed by atoms with Crippen LogP contribution in [0.5, 0.6) is 0 Å². The molecule has 0 N–H and O–H groups in total. The molecule has 3 atom stereocenters. The molecule has 2 aliphatic heterocycles. The van der Waals surface area contributed by atoms with Gasteiger partial charge in [0.2, 0.25) is 12.1 Å². The number of carbonyl (C=O) groups excluding carboxylic acids is 1. The summed E-state index contributed by atoms with van der Waals surface area (Å²) in [5, 5.41) is 9.40. The summed E-state index contributed by atoms with van der Waals surface area (Å²) < 4.78 is 33.6. The van der Waals surface area contributed by atoms with E-state index in [2.05, 4.69) is 9.98 Å². The molecule has 0 amide bonds. The van der Waals surface area contributed by atoms with Crippen LogP contribution in [0, 0.1) is 29.1 Å². The van der Waals surface area contributed by atoms with Gasteiger partial charge in [-0.2, -0.15) is 5.26 Å². The number of aliphatic imine (C=N–C) groups is 2. The van der Waals surface area contributed by atoms with E-state index in [-0.39, 0.29) is 46.6 Å². The molecule has 1 aliphatic carbocycles. The highest BCUT2D eigenvalue weighted by Gasteiger charge is 2.44. The molecule has 38 heavy (non-hydrogen) atoms. The lowest BCUT2D eigenvalue weighted by Gasteiger charge is -2.45. The monoisotopic (exact) mass is 543 g/mol. The maximum atomic E-state index is 16.1. The zero-order valence-electron chi connectivity index (χ0n) is 22.2. The predicted molar refractivity (Wildman–Crippen MR) is 145 cm³/mol. The molecule has 2 bridgehead atoms. The van der Waals surface area contributed by atoms with Crippen LogP contribution in [0.2, 0.25) is 5.02 Å². The van der Waals surface area contributed by atoms with Gasteiger partial charge >= 0.3 is 5.97 Å². The van der Waals surface area contributed by atoms with Crippen LogP contribution in [0.4, 0.5) is 10.1 Å². The molecule has 0 aromatic heterocycles. The van der Waals surface area contributed by atoms with Crippen molar-refractivity contribution in [2.75, 3.05) is 19.8 Å². The highest BCUT2D eigenvalue weighted by Crippen LogP contribution is 2.41. The fourth-order valence-electron chi connectivity index (χ4n) is 5.57. The molecular formula is C29H35ClFN3O4. The molecule has 3 unspecified atom stereocenters. The molecule has 204 valence electrons. The minimum Gasteiger partial charge on any atom is -0.475 e. The predicted octanol–water partition coefficient (Wildman–Crippen LogP) is 6.16. The number of nitrogens with zero attached hydrogens (tertiary/aromatic N) is 3. The maximum Gasteiger partial charge on any atom is 0.306 e. The smallest absolute Gasteiger partial charge is 0.306 e. The molecule has 1 saturated heterocycles. The lowest BCUT2D eigenvalue weighted by molar-refractivity contribution is -0.148.